The van der Waals surface area contributed by atoms with Gasteiger partial charge in [-0.1, -0.05) is 36.8 Å². The van der Waals surface area contributed by atoms with Gasteiger partial charge < -0.3 is 9.84 Å². The fraction of sp³-hybridized carbons (Fsp3) is 0.478. The van der Waals surface area contributed by atoms with E-state index in [-0.39, 0.29) is 5.41 Å². The molecule has 1 aliphatic heterocycles. The van der Waals surface area contributed by atoms with Gasteiger partial charge in [0.2, 0.25) is 0 Å². The van der Waals surface area contributed by atoms with Crippen LogP contribution in [0.4, 0.5) is 0 Å². The quantitative estimate of drug-likeness (QED) is 0.859. The summed E-state index contributed by atoms with van der Waals surface area (Å²) in [4.78, 5) is 2.69. The lowest BCUT2D eigenvalue weighted by Crippen LogP contribution is -2.52. The van der Waals surface area contributed by atoms with E-state index >= 15 is 0 Å². The summed E-state index contributed by atoms with van der Waals surface area (Å²) in [6.07, 6.45) is 7.30. The number of benzene rings is 2. The molecule has 2 atom stereocenters. The fourth-order valence-corrected chi connectivity index (χ4v) is 5.12. The summed E-state index contributed by atoms with van der Waals surface area (Å²) in [5.74, 6) is 1.40. The fourth-order valence-electron chi connectivity index (χ4n) is 5.12. The molecular formula is C23H29NO2. The lowest BCUT2D eigenvalue weighted by Gasteiger charge is -2.51. The highest BCUT2D eigenvalue weighted by molar-refractivity contribution is 5.35. The number of hydrogen-bond acceptors (Lipinski definition) is 3. The predicted octanol–water partition coefficient (Wildman–Crippen LogP) is 4.53. The third-order valence-corrected chi connectivity index (χ3v) is 6.53. The molecule has 1 saturated carbocycles. The minimum atomic E-state index is 0.266. The van der Waals surface area contributed by atoms with Gasteiger partial charge in [-0.25, -0.2) is 0 Å². The van der Waals surface area contributed by atoms with Crippen LogP contribution in [-0.2, 0) is 11.8 Å². The molecule has 0 amide bonds. The first-order valence-corrected chi connectivity index (χ1v) is 9.86. The maximum atomic E-state index is 9.93. The Bertz CT molecular complexity index is 759. The van der Waals surface area contributed by atoms with E-state index in [1.807, 2.05) is 18.2 Å². The number of nitrogens with zero attached hydrogens (tertiary/aromatic N) is 1. The molecule has 138 valence electrons. The van der Waals surface area contributed by atoms with Gasteiger partial charge in [0.1, 0.15) is 11.5 Å². The summed E-state index contributed by atoms with van der Waals surface area (Å²) in [7, 11) is 1.75. The highest BCUT2D eigenvalue weighted by Crippen LogP contribution is 2.47. The lowest BCUT2D eigenvalue weighted by molar-refractivity contribution is 0.0523. The molecule has 26 heavy (non-hydrogen) atoms. The number of piperidine rings is 1. The van der Waals surface area contributed by atoms with Crippen LogP contribution in [0.1, 0.15) is 43.2 Å². The Hall–Kier alpha value is -2.00. The Balaban J connectivity index is 1.46. The molecule has 3 nitrogen and oxygen atoms in total. The largest absolute Gasteiger partial charge is 0.508 e. The monoisotopic (exact) mass is 351 g/mol. The zero-order valence-electron chi connectivity index (χ0n) is 15.7. The van der Waals surface area contributed by atoms with Crippen molar-refractivity contribution in [1.29, 1.82) is 0 Å². The van der Waals surface area contributed by atoms with Gasteiger partial charge in [0.25, 0.3) is 0 Å². The van der Waals surface area contributed by atoms with Crippen molar-refractivity contribution in [2.24, 2.45) is 0 Å². The average Bonchev–Trinajstić information content (AvgIpc) is 2.68. The van der Waals surface area contributed by atoms with Gasteiger partial charge in [0.05, 0.1) is 7.11 Å². The van der Waals surface area contributed by atoms with E-state index in [0.29, 0.717) is 11.8 Å². The summed E-state index contributed by atoms with van der Waals surface area (Å²) in [6, 6.07) is 17.0. The first kappa shape index (κ1) is 17.4. The molecule has 2 aromatic carbocycles. The zero-order valence-corrected chi connectivity index (χ0v) is 15.7. The first-order valence-electron chi connectivity index (χ1n) is 9.86. The molecule has 1 aliphatic carbocycles. The van der Waals surface area contributed by atoms with Crippen LogP contribution in [0.2, 0.25) is 0 Å². The second kappa shape index (κ2) is 7.32. The van der Waals surface area contributed by atoms with Crippen molar-refractivity contribution in [1.82, 2.24) is 4.90 Å². The predicted molar refractivity (Wildman–Crippen MR) is 105 cm³/mol. The van der Waals surface area contributed by atoms with Gasteiger partial charge in [-0.3, -0.25) is 4.90 Å². The molecule has 0 aromatic heterocycles. The van der Waals surface area contributed by atoms with E-state index in [1.54, 1.807) is 13.2 Å². The molecule has 1 heterocycles. The molecule has 3 heteroatoms. The van der Waals surface area contributed by atoms with E-state index in [4.69, 9.17) is 4.74 Å². The molecule has 0 spiro atoms. The highest BCUT2D eigenvalue weighted by Gasteiger charge is 2.43. The van der Waals surface area contributed by atoms with Crippen LogP contribution in [0.5, 0.6) is 11.5 Å². The zero-order chi connectivity index (χ0) is 18.0. The highest BCUT2D eigenvalue weighted by atomic mass is 16.5. The molecule has 1 saturated heterocycles. The van der Waals surface area contributed by atoms with E-state index < -0.39 is 0 Å². The summed E-state index contributed by atoms with van der Waals surface area (Å²) < 4.78 is 5.51. The molecule has 2 bridgehead atoms. The third kappa shape index (κ3) is 3.33. The van der Waals surface area contributed by atoms with Crippen molar-refractivity contribution in [2.45, 2.75) is 50.0 Å². The van der Waals surface area contributed by atoms with Gasteiger partial charge in [-0.2, -0.15) is 0 Å². The molecule has 0 unspecified atom stereocenters. The molecule has 2 aromatic rings. The van der Waals surface area contributed by atoms with E-state index in [9.17, 15) is 5.11 Å². The van der Waals surface area contributed by atoms with Crippen molar-refractivity contribution in [2.75, 3.05) is 20.2 Å². The number of aromatic hydroxyl groups is 1. The number of methoxy groups -OCH3 is 1. The molecular weight excluding hydrogens is 322 g/mol. The number of fused-ring (bicyclic) bond motifs is 2. The summed E-state index contributed by atoms with van der Waals surface area (Å²) in [5, 5.41) is 9.93. The van der Waals surface area contributed by atoms with Crippen molar-refractivity contribution in [3.05, 3.63) is 59.7 Å². The minimum Gasteiger partial charge on any atom is -0.508 e. The van der Waals surface area contributed by atoms with Gasteiger partial charge >= 0.3 is 0 Å². The number of para-hydroxylation sites is 1. The SMILES string of the molecule is COc1ccccc1CCN1CC[C@@]2(c3cccc(O)c3)CCC[C@@H]1C2. The van der Waals surface area contributed by atoms with Crippen molar-refractivity contribution in [3.63, 3.8) is 0 Å². The topological polar surface area (TPSA) is 32.7 Å². The molecule has 4 rings (SSSR count). The maximum absolute atomic E-state index is 9.93. The van der Waals surface area contributed by atoms with Crippen LogP contribution in [0, 0.1) is 0 Å². The van der Waals surface area contributed by atoms with Crippen LogP contribution in [0.15, 0.2) is 48.5 Å². The third-order valence-electron chi connectivity index (χ3n) is 6.53. The number of ether oxygens (including phenoxy) is 1. The second-order valence-corrected chi connectivity index (χ2v) is 7.93. The standard InChI is InChI=1S/C23H29NO2/c1-26-22-10-3-2-6-18(22)11-14-24-15-13-23(12-5-8-20(24)17-23)19-7-4-9-21(25)16-19/h2-4,6-7,9-10,16,20,25H,5,8,11-15,17H2,1H3/t20-,23+/m1/s1. The number of phenols is 1. The average molecular weight is 351 g/mol. The Morgan fingerprint density at radius 2 is 2.04 bits per heavy atom. The van der Waals surface area contributed by atoms with E-state index in [2.05, 4.69) is 29.2 Å². The Kier molecular flexibility index (Phi) is 4.90. The Morgan fingerprint density at radius 1 is 1.15 bits per heavy atom. The Morgan fingerprint density at radius 3 is 2.88 bits per heavy atom. The van der Waals surface area contributed by atoms with Gasteiger partial charge in [-0.15, -0.1) is 0 Å². The summed E-state index contributed by atoms with van der Waals surface area (Å²) >= 11 is 0. The van der Waals surface area contributed by atoms with E-state index in [1.165, 1.54) is 43.2 Å². The van der Waals surface area contributed by atoms with Crippen molar-refractivity contribution >= 4 is 0 Å². The summed E-state index contributed by atoms with van der Waals surface area (Å²) in [6.45, 7) is 2.25. The first-order chi connectivity index (χ1) is 12.7. The van der Waals surface area contributed by atoms with Crippen LogP contribution in [-0.4, -0.2) is 36.2 Å². The number of likely N-dealkylation sites (tertiary alicyclic amines) is 1. The molecule has 2 fully saturated rings. The summed E-state index contributed by atoms with van der Waals surface area (Å²) in [5.41, 5.74) is 2.91. The van der Waals surface area contributed by atoms with Gasteiger partial charge in [-0.05, 0) is 73.4 Å². The van der Waals surface area contributed by atoms with Crippen LogP contribution < -0.4 is 4.74 Å². The van der Waals surface area contributed by atoms with Crippen LogP contribution in [0.3, 0.4) is 0 Å². The second-order valence-electron chi connectivity index (χ2n) is 7.93. The Labute approximate surface area is 156 Å². The van der Waals surface area contributed by atoms with Crippen molar-refractivity contribution in [3.8, 4) is 11.5 Å². The molecule has 0 radical (unpaired) electrons. The number of hydrogen-bond donors (Lipinski definition) is 1. The molecule has 1 N–H and O–H groups in total. The van der Waals surface area contributed by atoms with Gasteiger partial charge in [0.15, 0.2) is 0 Å². The minimum absolute atomic E-state index is 0.266. The van der Waals surface area contributed by atoms with Gasteiger partial charge in [0, 0.05) is 12.6 Å². The maximum Gasteiger partial charge on any atom is 0.122 e. The lowest BCUT2D eigenvalue weighted by atomic mass is 9.63. The smallest absolute Gasteiger partial charge is 0.122 e. The molecule has 2 aliphatic rings. The van der Waals surface area contributed by atoms with Crippen LogP contribution >= 0.6 is 0 Å². The number of rotatable bonds is 5. The number of phenolic OH excluding ortho intramolecular Hbond substituents is 1. The van der Waals surface area contributed by atoms with E-state index in [0.717, 1.165) is 25.3 Å². The van der Waals surface area contributed by atoms with Crippen molar-refractivity contribution < 1.29 is 9.84 Å². The van der Waals surface area contributed by atoms with Crippen LogP contribution in [0.25, 0.3) is 0 Å². The normalized spacial score (nSPS) is 25.8.